The number of aliphatic carboxylic acids is 1. The average molecular weight is 293 g/mol. The topological polar surface area (TPSA) is 128 Å². The van der Waals surface area contributed by atoms with Gasteiger partial charge >= 0.3 is 5.97 Å². The number of nitrogens with two attached hydrogens (primary N) is 1. The number of carboxylic acids is 1. The van der Waals surface area contributed by atoms with Crippen LogP contribution in [0.1, 0.15) is 19.7 Å². The van der Waals surface area contributed by atoms with Crippen LogP contribution in [0.3, 0.4) is 0 Å². The first-order chi connectivity index (χ1) is 8.24. The Balaban J connectivity index is 3.01. The molecule has 0 radical (unpaired) electrons. The molecule has 10 heteroatoms. The molecule has 0 saturated heterocycles. The highest BCUT2D eigenvalue weighted by Gasteiger charge is 2.31. The van der Waals surface area contributed by atoms with Gasteiger partial charge in [-0.05, 0) is 25.4 Å². The first-order valence-corrected chi connectivity index (χ1v) is 5.68. The van der Waals surface area contributed by atoms with Crippen molar-refractivity contribution in [1.82, 2.24) is 9.36 Å². The molecule has 18 heavy (non-hydrogen) atoms. The molecule has 0 amide bonds. The molecule has 3 N–H and O–H groups in total. The minimum Gasteiger partial charge on any atom is -0.478 e. The lowest BCUT2D eigenvalue weighted by molar-refractivity contribution is -0.161. The molecule has 8 nitrogen and oxygen atoms in total. The van der Waals surface area contributed by atoms with Gasteiger partial charge < -0.3 is 15.7 Å². The van der Waals surface area contributed by atoms with E-state index in [2.05, 4.69) is 14.5 Å². The number of carbonyl (C=O) groups is 2. The molecule has 1 heterocycles. The fourth-order valence-electron chi connectivity index (χ4n) is 0.695. The molecule has 0 unspecified atom stereocenters. The van der Waals surface area contributed by atoms with Crippen molar-refractivity contribution < 1.29 is 19.5 Å². The highest BCUT2D eigenvalue weighted by atomic mass is 35.5. The molecule has 1 aromatic rings. The van der Waals surface area contributed by atoms with E-state index < -0.39 is 22.5 Å². The van der Waals surface area contributed by atoms with Gasteiger partial charge in [0.15, 0.2) is 5.13 Å². The van der Waals surface area contributed by atoms with Crippen LogP contribution in [0, 0.1) is 0 Å². The van der Waals surface area contributed by atoms with Crippen LogP contribution >= 0.6 is 23.1 Å². The van der Waals surface area contributed by atoms with E-state index >= 15 is 0 Å². The molecule has 0 aliphatic rings. The maximum Gasteiger partial charge on any atom is 0.350 e. The van der Waals surface area contributed by atoms with Crippen molar-refractivity contribution in [2.24, 2.45) is 5.16 Å². The lowest BCUT2D eigenvalue weighted by Crippen LogP contribution is -2.33. The van der Waals surface area contributed by atoms with Gasteiger partial charge in [0.1, 0.15) is 0 Å². The second-order valence-electron chi connectivity index (χ2n) is 3.58. The first kappa shape index (κ1) is 14.3. The molecule has 0 aliphatic carbocycles. The van der Waals surface area contributed by atoms with Crippen LogP contribution in [0.25, 0.3) is 0 Å². The number of halogens is 1. The molecule has 1 rings (SSSR count). The molecule has 1 aromatic heterocycles. The Labute approximate surface area is 111 Å². The molecule has 0 bridgehead atoms. The summed E-state index contributed by atoms with van der Waals surface area (Å²) in [6, 6.07) is 0. The van der Waals surface area contributed by atoms with Crippen molar-refractivity contribution in [2.45, 2.75) is 19.4 Å². The van der Waals surface area contributed by atoms with Gasteiger partial charge in [0.2, 0.25) is 17.1 Å². The van der Waals surface area contributed by atoms with Crippen LogP contribution in [-0.2, 0) is 14.4 Å². The highest BCUT2D eigenvalue weighted by Crippen LogP contribution is 2.13. The van der Waals surface area contributed by atoms with E-state index in [9.17, 15) is 9.59 Å². The van der Waals surface area contributed by atoms with Crippen LogP contribution in [0.4, 0.5) is 5.13 Å². The summed E-state index contributed by atoms with van der Waals surface area (Å²) in [6.07, 6.45) is 0. The normalized spacial score (nSPS) is 12.3. The smallest absolute Gasteiger partial charge is 0.350 e. The number of carboxylic acid groups (broad SMARTS) is 1. The third-order valence-electron chi connectivity index (χ3n) is 1.72. The summed E-state index contributed by atoms with van der Waals surface area (Å²) >= 11 is 6.13. The molecule has 0 aliphatic heterocycles. The summed E-state index contributed by atoms with van der Waals surface area (Å²) in [5.41, 5.74) is 3.33. The monoisotopic (exact) mass is 292 g/mol. The maximum absolute atomic E-state index is 11.1. The van der Waals surface area contributed by atoms with Gasteiger partial charge in [-0.25, -0.2) is 4.79 Å². The predicted molar refractivity (Wildman–Crippen MR) is 64.5 cm³/mol. The Morgan fingerprint density at radius 3 is 2.56 bits per heavy atom. The summed E-state index contributed by atoms with van der Waals surface area (Å²) in [6.45, 7) is 2.52. The van der Waals surface area contributed by atoms with E-state index in [1.165, 1.54) is 13.8 Å². The number of oxime groups is 1. The number of aromatic nitrogens is 2. The SMILES string of the molecule is CC(C)(O/N=C(\C(=O)Cl)c1nsc(N)n1)C(=O)O. The van der Waals surface area contributed by atoms with Crippen molar-refractivity contribution in [3.8, 4) is 0 Å². The van der Waals surface area contributed by atoms with Crippen LogP contribution in [0.15, 0.2) is 5.16 Å². The maximum atomic E-state index is 11.1. The van der Waals surface area contributed by atoms with Crippen LogP contribution < -0.4 is 5.73 Å². The van der Waals surface area contributed by atoms with Gasteiger partial charge in [0, 0.05) is 11.5 Å². The highest BCUT2D eigenvalue weighted by molar-refractivity contribution is 7.09. The zero-order valence-corrected chi connectivity index (χ0v) is 10.9. The molecule has 98 valence electrons. The molecule has 0 spiro atoms. The number of anilines is 1. The Hall–Kier alpha value is -1.74. The minimum absolute atomic E-state index is 0.112. The number of hydrogen-bond donors (Lipinski definition) is 2. The summed E-state index contributed by atoms with van der Waals surface area (Å²) in [7, 11) is 0. The van der Waals surface area contributed by atoms with E-state index in [-0.39, 0.29) is 11.0 Å². The molecular formula is C8H9ClN4O4S. The fourth-order valence-corrected chi connectivity index (χ4v) is 1.25. The fraction of sp³-hybridized carbons (Fsp3) is 0.375. The Bertz CT molecular complexity index is 513. The lowest BCUT2D eigenvalue weighted by atomic mass is 10.1. The summed E-state index contributed by atoms with van der Waals surface area (Å²) in [4.78, 5) is 30.4. The van der Waals surface area contributed by atoms with Crippen molar-refractivity contribution in [2.75, 3.05) is 5.73 Å². The number of hydrogen-bond acceptors (Lipinski definition) is 8. The van der Waals surface area contributed by atoms with Crippen molar-refractivity contribution >= 4 is 45.2 Å². The van der Waals surface area contributed by atoms with Gasteiger partial charge in [0.05, 0.1) is 0 Å². The zero-order chi connectivity index (χ0) is 13.9. The number of nitrogens with zero attached hydrogens (tertiary/aromatic N) is 3. The Morgan fingerprint density at radius 2 is 2.17 bits per heavy atom. The van der Waals surface area contributed by atoms with Gasteiger partial charge in [0.25, 0.3) is 5.24 Å². The average Bonchev–Trinajstić information content (AvgIpc) is 2.64. The number of carbonyl (C=O) groups excluding carboxylic acids is 1. The van der Waals surface area contributed by atoms with Gasteiger partial charge in [-0.3, -0.25) is 4.79 Å². The van der Waals surface area contributed by atoms with Crippen LogP contribution in [0.5, 0.6) is 0 Å². The first-order valence-electron chi connectivity index (χ1n) is 4.53. The number of nitrogen functional groups attached to an aromatic ring is 1. The summed E-state index contributed by atoms with van der Waals surface area (Å²) < 4.78 is 3.72. The third-order valence-corrected chi connectivity index (χ3v) is 2.44. The molecule has 0 atom stereocenters. The van der Waals surface area contributed by atoms with E-state index in [0.717, 1.165) is 11.5 Å². The quantitative estimate of drug-likeness (QED) is 0.458. The summed E-state index contributed by atoms with van der Waals surface area (Å²) in [5.74, 6) is -1.36. The Kier molecular flexibility index (Phi) is 4.19. The van der Waals surface area contributed by atoms with Gasteiger partial charge in [-0.1, -0.05) is 5.16 Å². The second-order valence-corrected chi connectivity index (χ2v) is 4.70. The molecule has 0 aromatic carbocycles. The molecule has 0 saturated carbocycles. The lowest BCUT2D eigenvalue weighted by Gasteiger charge is -2.16. The zero-order valence-electron chi connectivity index (χ0n) is 9.38. The standard InChI is InChI=1S/C8H9ClN4O4S/c1-8(2,6(15)16)17-12-3(4(9)14)5-11-7(10)18-13-5/h1-2H3,(H,15,16)(H2,10,11,13)/b12-3+. The second kappa shape index (κ2) is 5.27. The van der Waals surface area contributed by atoms with Crippen molar-refractivity contribution in [3.05, 3.63) is 5.82 Å². The molecule has 0 fully saturated rings. The molecular weight excluding hydrogens is 284 g/mol. The van der Waals surface area contributed by atoms with Gasteiger partial charge in [-0.2, -0.15) is 9.36 Å². The van der Waals surface area contributed by atoms with E-state index in [1.807, 2.05) is 0 Å². The van der Waals surface area contributed by atoms with Gasteiger partial charge in [-0.15, -0.1) is 0 Å². The van der Waals surface area contributed by atoms with Crippen LogP contribution in [-0.4, -0.2) is 37.0 Å². The predicted octanol–water partition coefficient (Wildman–Crippen LogP) is 0.470. The van der Waals surface area contributed by atoms with Crippen molar-refractivity contribution in [3.63, 3.8) is 0 Å². The van der Waals surface area contributed by atoms with Crippen molar-refractivity contribution in [1.29, 1.82) is 0 Å². The third kappa shape index (κ3) is 3.37. The number of rotatable bonds is 5. The van der Waals surface area contributed by atoms with E-state index in [4.69, 9.17) is 27.3 Å². The summed E-state index contributed by atoms with van der Waals surface area (Å²) in [5, 5.41) is 11.3. The van der Waals surface area contributed by atoms with E-state index in [1.54, 1.807) is 0 Å². The Morgan fingerprint density at radius 1 is 1.56 bits per heavy atom. The van der Waals surface area contributed by atoms with E-state index in [0.29, 0.717) is 0 Å². The van der Waals surface area contributed by atoms with Crippen LogP contribution in [0.2, 0.25) is 0 Å². The minimum atomic E-state index is -1.61. The largest absolute Gasteiger partial charge is 0.478 e.